The van der Waals surface area contributed by atoms with E-state index in [0.717, 1.165) is 41.8 Å². The smallest absolute Gasteiger partial charge is 0.131 e. The molecule has 4 rings (SSSR count). The van der Waals surface area contributed by atoms with Crippen LogP contribution in [0, 0.1) is 5.82 Å². The second kappa shape index (κ2) is 8.17. The van der Waals surface area contributed by atoms with E-state index in [4.69, 9.17) is 9.73 Å². The van der Waals surface area contributed by atoms with Gasteiger partial charge in [0.05, 0.1) is 12.8 Å². The first-order chi connectivity index (χ1) is 13.8. The first-order valence-corrected chi connectivity index (χ1v) is 9.35. The van der Waals surface area contributed by atoms with Gasteiger partial charge in [-0.1, -0.05) is 24.3 Å². The molecule has 1 aromatic heterocycles. The summed E-state index contributed by atoms with van der Waals surface area (Å²) in [5, 5.41) is 0. The molecule has 0 fully saturated rings. The Hall–Kier alpha value is -3.27. The molecule has 0 aliphatic carbocycles. The molecule has 1 aliphatic rings. The highest BCUT2D eigenvalue weighted by Gasteiger charge is 2.15. The van der Waals surface area contributed by atoms with Crippen LogP contribution < -0.4 is 4.74 Å². The van der Waals surface area contributed by atoms with Gasteiger partial charge >= 0.3 is 0 Å². The van der Waals surface area contributed by atoms with Crippen LogP contribution in [0.4, 0.5) is 4.39 Å². The second-order valence-electron chi connectivity index (χ2n) is 6.68. The van der Waals surface area contributed by atoms with Gasteiger partial charge in [-0.15, -0.1) is 0 Å². The standard InChI is InChI=1S/C24H21FN2O/c1-28-23-11-10-17(15-21(23)20-8-2-3-9-22(20)25)14-18-6-5-13-27-24(18)19-7-4-12-26-16-19/h2-4,7-12,14-16H,5-6,13H2,1H3/b18-14+. The number of benzene rings is 2. The SMILES string of the molecule is COc1ccc(/C=C2\CCCN=C2c2cccnc2)cc1-c1ccccc1F. The number of aromatic nitrogens is 1. The normalized spacial score (nSPS) is 15.4. The Bertz CT molecular complexity index is 1040. The van der Waals surface area contributed by atoms with Gasteiger partial charge in [0.25, 0.3) is 0 Å². The lowest BCUT2D eigenvalue weighted by molar-refractivity contribution is 0.416. The molecule has 3 nitrogen and oxygen atoms in total. The van der Waals surface area contributed by atoms with E-state index >= 15 is 0 Å². The van der Waals surface area contributed by atoms with Gasteiger partial charge in [-0.05, 0) is 60.4 Å². The number of ether oxygens (including phenoxy) is 1. The Morgan fingerprint density at radius 2 is 1.93 bits per heavy atom. The highest BCUT2D eigenvalue weighted by Crippen LogP contribution is 2.33. The van der Waals surface area contributed by atoms with Gasteiger partial charge in [-0.25, -0.2) is 4.39 Å². The molecule has 0 saturated heterocycles. The molecular weight excluding hydrogens is 351 g/mol. The number of hydrogen-bond donors (Lipinski definition) is 0. The van der Waals surface area contributed by atoms with Crippen molar-refractivity contribution in [1.29, 1.82) is 0 Å². The fraction of sp³-hybridized carbons (Fsp3) is 0.167. The largest absolute Gasteiger partial charge is 0.496 e. The molecule has 0 unspecified atom stereocenters. The molecular formula is C24H21FN2O. The Morgan fingerprint density at radius 3 is 2.71 bits per heavy atom. The molecule has 0 spiro atoms. The number of pyridine rings is 1. The molecule has 0 amide bonds. The average Bonchev–Trinajstić information content (AvgIpc) is 2.75. The highest BCUT2D eigenvalue weighted by molar-refractivity contribution is 6.15. The summed E-state index contributed by atoms with van der Waals surface area (Å²) in [5.74, 6) is 0.387. The molecule has 140 valence electrons. The van der Waals surface area contributed by atoms with E-state index in [1.165, 1.54) is 11.6 Å². The van der Waals surface area contributed by atoms with E-state index in [9.17, 15) is 4.39 Å². The molecule has 3 aromatic rings. The summed E-state index contributed by atoms with van der Waals surface area (Å²) in [6.45, 7) is 0.824. The summed E-state index contributed by atoms with van der Waals surface area (Å²) in [6.07, 6.45) is 7.71. The zero-order valence-electron chi connectivity index (χ0n) is 15.7. The van der Waals surface area contributed by atoms with Crippen molar-refractivity contribution in [2.24, 2.45) is 4.99 Å². The molecule has 0 N–H and O–H groups in total. The van der Waals surface area contributed by atoms with E-state index in [1.54, 1.807) is 25.4 Å². The van der Waals surface area contributed by atoms with Crippen molar-refractivity contribution in [3.05, 3.63) is 89.5 Å². The maximum absolute atomic E-state index is 14.4. The summed E-state index contributed by atoms with van der Waals surface area (Å²) in [5.41, 5.74) is 5.45. The van der Waals surface area contributed by atoms with Gasteiger partial charge in [-0.2, -0.15) is 0 Å². The lowest BCUT2D eigenvalue weighted by atomic mass is 9.93. The Balaban J connectivity index is 1.77. The number of rotatable bonds is 4. The number of halogens is 1. The van der Waals surface area contributed by atoms with Crippen LogP contribution in [0.15, 0.2) is 77.6 Å². The Labute approximate surface area is 164 Å². The number of hydrogen-bond acceptors (Lipinski definition) is 3. The van der Waals surface area contributed by atoms with Crippen LogP contribution in [0.1, 0.15) is 24.0 Å². The van der Waals surface area contributed by atoms with Crippen LogP contribution >= 0.6 is 0 Å². The van der Waals surface area contributed by atoms with Crippen molar-refractivity contribution in [1.82, 2.24) is 4.98 Å². The van der Waals surface area contributed by atoms with Crippen molar-refractivity contribution in [2.45, 2.75) is 12.8 Å². The first kappa shape index (κ1) is 18.1. The molecule has 4 heteroatoms. The van der Waals surface area contributed by atoms with E-state index in [0.29, 0.717) is 11.3 Å². The van der Waals surface area contributed by atoms with Crippen molar-refractivity contribution >= 4 is 11.8 Å². The lowest BCUT2D eigenvalue weighted by Crippen LogP contribution is -2.11. The summed E-state index contributed by atoms with van der Waals surface area (Å²) in [4.78, 5) is 8.95. The first-order valence-electron chi connectivity index (χ1n) is 9.35. The summed E-state index contributed by atoms with van der Waals surface area (Å²) >= 11 is 0. The van der Waals surface area contributed by atoms with Gasteiger partial charge in [-0.3, -0.25) is 9.98 Å². The molecule has 28 heavy (non-hydrogen) atoms. The van der Waals surface area contributed by atoms with Crippen molar-refractivity contribution in [2.75, 3.05) is 13.7 Å². The number of allylic oxidation sites excluding steroid dienone is 1. The zero-order chi connectivity index (χ0) is 19.3. The quantitative estimate of drug-likeness (QED) is 0.601. The average molecular weight is 372 g/mol. The molecule has 0 radical (unpaired) electrons. The summed E-state index contributed by atoms with van der Waals surface area (Å²) < 4.78 is 19.8. The lowest BCUT2D eigenvalue weighted by Gasteiger charge is -2.17. The van der Waals surface area contributed by atoms with Gasteiger partial charge in [0.15, 0.2) is 0 Å². The summed E-state index contributed by atoms with van der Waals surface area (Å²) in [7, 11) is 1.60. The molecule has 0 atom stereocenters. The van der Waals surface area contributed by atoms with Crippen LogP contribution in [0.5, 0.6) is 5.75 Å². The number of nitrogens with zero attached hydrogens (tertiary/aromatic N) is 2. The Kier molecular flexibility index (Phi) is 5.29. The maximum atomic E-state index is 14.4. The van der Waals surface area contributed by atoms with Crippen LogP contribution in [0.2, 0.25) is 0 Å². The van der Waals surface area contributed by atoms with Crippen LogP contribution in [-0.4, -0.2) is 24.4 Å². The van der Waals surface area contributed by atoms with Crippen molar-refractivity contribution < 1.29 is 9.13 Å². The number of aliphatic imine (C=N–C) groups is 1. The second-order valence-corrected chi connectivity index (χ2v) is 6.68. The Morgan fingerprint density at radius 1 is 1.04 bits per heavy atom. The molecule has 1 aliphatic heterocycles. The predicted octanol–water partition coefficient (Wildman–Crippen LogP) is 5.56. The molecule has 0 bridgehead atoms. The van der Waals surface area contributed by atoms with Gasteiger partial charge in [0.1, 0.15) is 11.6 Å². The van der Waals surface area contributed by atoms with E-state index < -0.39 is 0 Å². The van der Waals surface area contributed by atoms with E-state index in [1.807, 2.05) is 42.6 Å². The van der Waals surface area contributed by atoms with Crippen molar-refractivity contribution in [3.63, 3.8) is 0 Å². The molecule has 2 aromatic carbocycles. The third-order valence-corrected chi connectivity index (χ3v) is 4.84. The highest BCUT2D eigenvalue weighted by atomic mass is 19.1. The van der Waals surface area contributed by atoms with Crippen LogP contribution in [-0.2, 0) is 0 Å². The number of methoxy groups -OCH3 is 1. The topological polar surface area (TPSA) is 34.5 Å². The monoisotopic (exact) mass is 372 g/mol. The molecule has 2 heterocycles. The minimum atomic E-state index is -0.263. The minimum Gasteiger partial charge on any atom is -0.496 e. The van der Waals surface area contributed by atoms with Crippen LogP contribution in [0.3, 0.4) is 0 Å². The maximum Gasteiger partial charge on any atom is 0.131 e. The van der Waals surface area contributed by atoms with Gasteiger partial charge in [0.2, 0.25) is 0 Å². The van der Waals surface area contributed by atoms with E-state index in [2.05, 4.69) is 11.1 Å². The minimum absolute atomic E-state index is 0.263. The van der Waals surface area contributed by atoms with E-state index in [-0.39, 0.29) is 5.82 Å². The predicted molar refractivity (Wildman–Crippen MR) is 111 cm³/mol. The third kappa shape index (κ3) is 3.72. The third-order valence-electron chi connectivity index (χ3n) is 4.84. The zero-order valence-corrected chi connectivity index (χ0v) is 15.7. The van der Waals surface area contributed by atoms with Gasteiger partial charge in [0, 0.05) is 35.6 Å². The van der Waals surface area contributed by atoms with Crippen molar-refractivity contribution in [3.8, 4) is 16.9 Å². The fourth-order valence-corrected chi connectivity index (χ4v) is 3.51. The molecule has 0 saturated carbocycles. The van der Waals surface area contributed by atoms with Crippen LogP contribution in [0.25, 0.3) is 17.2 Å². The van der Waals surface area contributed by atoms with Gasteiger partial charge < -0.3 is 4.74 Å². The summed E-state index contributed by atoms with van der Waals surface area (Å²) in [6, 6.07) is 16.6. The fourth-order valence-electron chi connectivity index (χ4n) is 3.51.